The number of hydrogen-bond donors (Lipinski definition) is 0. The Hall–Kier alpha value is -1.56. The van der Waals surface area contributed by atoms with Crippen LogP contribution in [0, 0.1) is 0 Å². The predicted octanol–water partition coefficient (Wildman–Crippen LogP) is 5.72. The van der Waals surface area contributed by atoms with Crippen molar-refractivity contribution in [3.8, 4) is 0 Å². The van der Waals surface area contributed by atoms with E-state index in [0.29, 0.717) is 0 Å². The molecule has 118 valence electrons. The van der Waals surface area contributed by atoms with Gasteiger partial charge in [-0.25, -0.2) is 0 Å². The molecule has 0 fully saturated rings. The van der Waals surface area contributed by atoms with E-state index in [2.05, 4.69) is 36.4 Å². The van der Waals surface area contributed by atoms with Crippen molar-refractivity contribution in [2.75, 3.05) is 0 Å². The molecule has 0 heterocycles. The van der Waals surface area contributed by atoms with Gasteiger partial charge in [0.05, 0.1) is 0 Å². The second-order valence-corrected chi connectivity index (χ2v) is 7.93. The summed E-state index contributed by atoms with van der Waals surface area (Å²) in [4.78, 5) is 0. The van der Waals surface area contributed by atoms with Crippen molar-refractivity contribution in [1.29, 1.82) is 0 Å². The molecule has 3 aliphatic carbocycles. The molecular formula is C23H26. The van der Waals surface area contributed by atoms with Crippen molar-refractivity contribution in [3.63, 3.8) is 0 Å². The van der Waals surface area contributed by atoms with Gasteiger partial charge in [-0.2, -0.15) is 0 Å². The zero-order chi connectivity index (χ0) is 15.2. The van der Waals surface area contributed by atoms with Gasteiger partial charge in [0.25, 0.3) is 0 Å². The first-order valence-corrected chi connectivity index (χ1v) is 9.61. The highest BCUT2D eigenvalue weighted by Gasteiger charge is 2.30. The van der Waals surface area contributed by atoms with Gasteiger partial charge < -0.3 is 0 Å². The Bertz CT molecular complexity index is 740. The third-order valence-electron chi connectivity index (χ3n) is 6.63. The summed E-state index contributed by atoms with van der Waals surface area (Å²) >= 11 is 0. The lowest BCUT2D eigenvalue weighted by atomic mass is 9.84. The predicted molar refractivity (Wildman–Crippen MR) is 96.3 cm³/mol. The van der Waals surface area contributed by atoms with Gasteiger partial charge in [0.2, 0.25) is 0 Å². The molecule has 0 saturated carbocycles. The molecule has 5 rings (SSSR count). The summed E-state index contributed by atoms with van der Waals surface area (Å²) in [5.74, 6) is 1.62. The summed E-state index contributed by atoms with van der Waals surface area (Å²) < 4.78 is 0. The minimum atomic E-state index is 0.804. The summed E-state index contributed by atoms with van der Waals surface area (Å²) in [6, 6.07) is 14.4. The molecule has 2 aromatic carbocycles. The molecule has 0 nitrogen and oxygen atoms in total. The lowest BCUT2D eigenvalue weighted by Gasteiger charge is -2.21. The van der Waals surface area contributed by atoms with Crippen LogP contribution in [0.25, 0.3) is 0 Å². The van der Waals surface area contributed by atoms with Crippen LogP contribution in [0.2, 0.25) is 0 Å². The highest BCUT2D eigenvalue weighted by Crippen LogP contribution is 2.45. The zero-order valence-electron chi connectivity index (χ0n) is 14.0. The summed E-state index contributed by atoms with van der Waals surface area (Å²) in [7, 11) is 0. The quantitative estimate of drug-likeness (QED) is 0.666. The number of rotatable bonds is 2. The molecular weight excluding hydrogens is 276 g/mol. The van der Waals surface area contributed by atoms with Crippen molar-refractivity contribution in [2.45, 2.75) is 69.6 Å². The molecule has 0 amide bonds. The van der Waals surface area contributed by atoms with Crippen LogP contribution in [-0.4, -0.2) is 0 Å². The van der Waals surface area contributed by atoms with Gasteiger partial charge in [-0.05, 0) is 103 Å². The SMILES string of the molecule is c1ccc2c(c1)CCC2CC1CCc2cc3c(cc21)CCCC3. The Balaban J connectivity index is 1.42. The second kappa shape index (κ2) is 5.51. The van der Waals surface area contributed by atoms with Gasteiger partial charge in [-0.15, -0.1) is 0 Å². The van der Waals surface area contributed by atoms with Gasteiger partial charge in [0.15, 0.2) is 0 Å². The Kier molecular flexibility index (Phi) is 3.32. The Morgan fingerprint density at radius 3 is 2.22 bits per heavy atom. The van der Waals surface area contributed by atoms with E-state index in [1.165, 1.54) is 57.8 Å². The van der Waals surface area contributed by atoms with Crippen LogP contribution in [0.1, 0.15) is 77.3 Å². The minimum Gasteiger partial charge on any atom is -0.0620 e. The fourth-order valence-electron chi connectivity index (χ4n) is 5.42. The Morgan fingerprint density at radius 2 is 1.35 bits per heavy atom. The van der Waals surface area contributed by atoms with Crippen LogP contribution in [0.15, 0.2) is 36.4 Å². The number of fused-ring (bicyclic) bond motifs is 3. The maximum atomic E-state index is 2.61. The van der Waals surface area contributed by atoms with Gasteiger partial charge in [0.1, 0.15) is 0 Å². The van der Waals surface area contributed by atoms with Crippen LogP contribution in [0.4, 0.5) is 0 Å². The first kappa shape index (κ1) is 13.8. The zero-order valence-corrected chi connectivity index (χ0v) is 14.0. The third-order valence-corrected chi connectivity index (χ3v) is 6.63. The molecule has 23 heavy (non-hydrogen) atoms. The van der Waals surface area contributed by atoms with Crippen LogP contribution >= 0.6 is 0 Å². The maximum absolute atomic E-state index is 2.61. The van der Waals surface area contributed by atoms with E-state index < -0.39 is 0 Å². The van der Waals surface area contributed by atoms with E-state index >= 15 is 0 Å². The molecule has 2 atom stereocenters. The van der Waals surface area contributed by atoms with E-state index in [1.54, 1.807) is 33.4 Å². The maximum Gasteiger partial charge on any atom is -0.0150 e. The second-order valence-electron chi connectivity index (χ2n) is 7.93. The number of benzene rings is 2. The van der Waals surface area contributed by atoms with E-state index in [-0.39, 0.29) is 0 Å². The Morgan fingerprint density at radius 1 is 0.652 bits per heavy atom. The number of hydrogen-bond acceptors (Lipinski definition) is 0. The normalized spacial score (nSPS) is 25.0. The lowest BCUT2D eigenvalue weighted by molar-refractivity contribution is 0.524. The van der Waals surface area contributed by atoms with Crippen LogP contribution in [-0.2, 0) is 25.7 Å². The van der Waals surface area contributed by atoms with E-state index in [0.717, 1.165) is 11.8 Å². The summed E-state index contributed by atoms with van der Waals surface area (Å²) in [5.41, 5.74) is 10.0. The fourth-order valence-corrected chi connectivity index (χ4v) is 5.42. The van der Waals surface area contributed by atoms with Crippen molar-refractivity contribution in [1.82, 2.24) is 0 Å². The monoisotopic (exact) mass is 302 g/mol. The smallest absolute Gasteiger partial charge is 0.0150 e. The van der Waals surface area contributed by atoms with Crippen molar-refractivity contribution in [3.05, 3.63) is 69.8 Å². The average molecular weight is 302 g/mol. The van der Waals surface area contributed by atoms with Gasteiger partial charge in [-0.3, -0.25) is 0 Å². The minimum absolute atomic E-state index is 0.804. The molecule has 0 radical (unpaired) electrons. The standard InChI is InChI=1S/C23H26/c1-2-7-18-15-23-20(13-17(18)6-1)11-12-21(23)14-19-10-9-16-5-3-4-8-22(16)19/h3-5,8,13,15,19,21H,1-2,6-7,9-12,14H2. The molecule has 0 bridgehead atoms. The van der Waals surface area contributed by atoms with Crippen LogP contribution < -0.4 is 0 Å². The van der Waals surface area contributed by atoms with Gasteiger partial charge >= 0.3 is 0 Å². The highest BCUT2D eigenvalue weighted by atomic mass is 14.3. The Labute approximate surface area is 139 Å². The molecule has 3 aliphatic rings. The largest absolute Gasteiger partial charge is 0.0620 e. The summed E-state index contributed by atoms with van der Waals surface area (Å²) in [6.07, 6.45) is 12.2. The molecule has 0 aliphatic heterocycles. The molecule has 0 heteroatoms. The van der Waals surface area contributed by atoms with E-state index in [4.69, 9.17) is 0 Å². The molecule has 0 N–H and O–H groups in total. The first-order chi connectivity index (χ1) is 11.4. The molecule has 2 aromatic rings. The van der Waals surface area contributed by atoms with E-state index in [9.17, 15) is 0 Å². The number of aryl methyl sites for hydroxylation is 4. The van der Waals surface area contributed by atoms with Crippen molar-refractivity contribution >= 4 is 0 Å². The van der Waals surface area contributed by atoms with Crippen LogP contribution in [0.5, 0.6) is 0 Å². The van der Waals surface area contributed by atoms with Gasteiger partial charge in [-0.1, -0.05) is 36.4 Å². The lowest BCUT2D eigenvalue weighted by Crippen LogP contribution is -2.06. The molecule has 2 unspecified atom stereocenters. The van der Waals surface area contributed by atoms with Gasteiger partial charge in [0, 0.05) is 0 Å². The molecule has 0 saturated heterocycles. The topological polar surface area (TPSA) is 0 Å². The summed E-state index contributed by atoms with van der Waals surface area (Å²) in [6.45, 7) is 0. The third kappa shape index (κ3) is 2.35. The van der Waals surface area contributed by atoms with Crippen molar-refractivity contribution in [2.24, 2.45) is 0 Å². The highest BCUT2D eigenvalue weighted by molar-refractivity contribution is 5.45. The molecule has 0 spiro atoms. The van der Waals surface area contributed by atoms with Crippen molar-refractivity contribution < 1.29 is 0 Å². The fraction of sp³-hybridized carbons (Fsp3) is 0.478. The van der Waals surface area contributed by atoms with E-state index in [1.807, 2.05) is 0 Å². The average Bonchev–Trinajstić information content (AvgIpc) is 3.18. The molecule has 0 aromatic heterocycles. The summed E-state index contributed by atoms with van der Waals surface area (Å²) in [5, 5.41) is 0. The van der Waals surface area contributed by atoms with Crippen LogP contribution in [0.3, 0.4) is 0 Å². The first-order valence-electron chi connectivity index (χ1n) is 9.61.